The van der Waals surface area contributed by atoms with Crippen molar-refractivity contribution in [3.63, 3.8) is 0 Å². The monoisotopic (exact) mass is 162 g/mol. The van der Waals surface area contributed by atoms with E-state index in [0.29, 0.717) is 0 Å². The molecule has 0 radical (unpaired) electrons. The molecule has 0 fully saturated rings. The summed E-state index contributed by atoms with van der Waals surface area (Å²) in [5.41, 5.74) is 1.69. The lowest BCUT2D eigenvalue weighted by molar-refractivity contribution is 0.200. The molecule has 2 heterocycles. The van der Waals surface area contributed by atoms with Gasteiger partial charge in [0.2, 0.25) is 0 Å². The largest absolute Gasteiger partial charge is 0.389 e. The summed E-state index contributed by atoms with van der Waals surface area (Å²) in [4.78, 5) is 4.14. The Morgan fingerprint density at radius 1 is 1.50 bits per heavy atom. The maximum Gasteiger partial charge on any atom is 0.142 e. The second kappa shape index (κ2) is 2.60. The van der Waals surface area contributed by atoms with Crippen molar-refractivity contribution in [1.29, 1.82) is 0 Å². The second-order valence-corrected chi connectivity index (χ2v) is 2.80. The standard InChI is InChI=1S/C9H10N2O/c1-7(12)8-3-2-5-11-6-4-10-9(8)11/h2-7,12H,1H3/t7-/m0/s1. The number of imidazole rings is 1. The van der Waals surface area contributed by atoms with Crippen LogP contribution in [0.4, 0.5) is 0 Å². The topological polar surface area (TPSA) is 37.5 Å². The minimum absolute atomic E-state index is 0.462. The van der Waals surface area contributed by atoms with Crippen molar-refractivity contribution in [2.24, 2.45) is 0 Å². The average Bonchev–Trinajstić information content (AvgIpc) is 2.49. The second-order valence-electron chi connectivity index (χ2n) is 2.80. The van der Waals surface area contributed by atoms with Gasteiger partial charge in [0.15, 0.2) is 0 Å². The molecule has 2 aromatic rings. The number of rotatable bonds is 1. The van der Waals surface area contributed by atoms with Gasteiger partial charge in [-0.05, 0) is 13.0 Å². The van der Waals surface area contributed by atoms with E-state index in [1.807, 2.05) is 28.9 Å². The van der Waals surface area contributed by atoms with E-state index in [-0.39, 0.29) is 0 Å². The van der Waals surface area contributed by atoms with E-state index < -0.39 is 6.10 Å². The van der Waals surface area contributed by atoms with Gasteiger partial charge >= 0.3 is 0 Å². The van der Waals surface area contributed by atoms with Gasteiger partial charge in [0.25, 0.3) is 0 Å². The third kappa shape index (κ3) is 0.987. The minimum Gasteiger partial charge on any atom is -0.389 e. The molecule has 0 aliphatic heterocycles. The van der Waals surface area contributed by atoms with E-state index in [2.05, 4.69) is 4.98 Å². The van der Waals surface area contributed by atoms with E-state index in [0.717, 1.165) is 11.2 Å². The Labute approximate surface area is 70.3 Å². The molecule has 12 heavy (non-hydrogen) atoms. The zero-order valence-corrected chi connectivity index (χ0v) is 6.81. The number of aromatic nitrogens is 2. The normalized spacial score (nSPS) is 13.5. The lowest BCUT2D eigenvalue weighted by Gasteiger charge is -2.04. The van der Waals surface area contributed by atoms with Crippen LogP contribution in [0, 0.1) is 0 Å². The highest BCUT2D eigenvalue weighted by atomic mass is 16.3. The molecule has 3 heteroatoms. The molecule has 1 N–H and O–H groups in total. The van der Waals surface area contributed by atoms with E-state index in [1.54, 1.807) is 13.1 Å². The first-order valence-corrected chi connectivity index (χ1v) is 3.88. The smallest absolute Gasteiger partial charge is 0.142 e. The Morgan fingerprint density at radius 3 is 3.08 bits per heavy atom. The van der Waals surface area contributed by atoms with E-state index >= 15 is 0 Å². The summed E-state index contributed by atoms with van der Waals surface area (Å²) in [5, 5.41) is 9.39. The van der Waals surface area contributed by atoms with Gasteiger partial charge in [-0.15, -0.1) is 0 Å². The molecule has 2 aromatic heterocycles. The summed E-state index contributed by atoms with van der Waals surface area (Å²) >= 11 is 0. The number of aliphatic hydroxyl groups excluding tert-OH is 1. The highest BCUT2D eigenvalue weighted by molar-refractivity contribution is 5.48. The number of hydrogen-bond acceptors (Lipinski definition) is 2. The first kappa shape index (κ1) is 7.31. The minimum atomic E-state index is -0.462. The number of hydrogen-bond donors (Lipinski definition) is 1. The summed E-state index contributed by atoms with van der Waals surface area (Å²) in [6, 6.07) is 3.78. The summed E-state index contributed by atoms with van der Waals surface area (Å²) < 4.78 is 1.89. The third-order valence-corrected chi connectivity index (χ3v) is 1.90. The molecule has 0 saturated heterocycles. The molecule has 0 bridgehead atoms. The van der Waals surface area contributed by atoms with Crippen molar-refractivity contribution in [3.8, 4) is 0 Å². The average molecular weight is 162 g/mol. The van der Waals surface area contributed by atoms with Gasteiger partial charge in [-0.2, -0.15) is 0 Å². The Kier molecular flexibility index (Phi) is 1.59. The number of nitrogens with zero attached hydrogens (tertiary/aromatic N) is 2. The Balaban J connectivity index is 2.73. The maximum absolute atomic E-state index is 9.39. The predicted molar refractivity (Wildman–Crippen MR) is 45.8 cm³/mol. The first-order valence-electron chi connectivity index (χ1n) is 3.88. The molecule has 0 amide bonds. The van der Waals surface area contributed by atoms with Gasteiger partial charge in [0.1, 0.15) is 5.65 Å². The van der Waals surface area contributed by atoms with Crippen molar-refractivity contribution in [1.82, 2.24) is 9.38 Å². The fraction of sp³-hybridized carbons (Fsp3) is 0.222. The van der Waals surface area contributed by atoms with Crippen LogP contribution in [0.5, 0.6) is 0 Å². The fourth-order valence-electron chi connectivity index (χ4n) is 1.30. The summed E-state index contributed by atoms with van der Waals surface area (Å²) in [6.45, 7) is 1.74. The highest BCUT2D eigenvalue weighted by Crippen LogP contribution is 2.16. The molecule has 3 nitrogen and oxygen atoms in total. The quantitative estimate of drug-likeness (QED) is 0.688. The van der Waals surface area contributed by atoms with Gasteiger partial charge < -0.3 is 9.51 Å². The highest BCUT2D eigenvalue weighted by Gasteiger charge is 2.05. The fourth-order valence-corrected chi connectivity index (χ4v) is 1.30. The van der Waals surface area contributed by atoms with Gasteiger partial charge in [0.05, 0.1) is 6.10 Å². The molecule has 0 aromatic carbocycles. The van der Waals surface area contributed by atoms with Crippen LogP contribution in [0.2, 0.25) is 0 Å². The van der Waals surface area contributed by atoms with Crippen LogP contribution in [0.3, 0.4) is 0 Å². The Morgan fingerprint density at radius 2 is 2.33 bits per heavy atom. The van der Waals surface area contributed by atoms with Crippen molar-refractivity contribution in [2.45, 2.75) is 13.0 Å². The van der Waals surface area contributed by atoms with Crippen LogP contribution in [-0.4, -0.2) is 14.5 Å². The zero-order chi connectivity index (χ0) is 8.55. The van der Waals surface area contributed by atoms with Crippen LogP contribution in [-0.2, 0) is 0 Å². The SMILES string of the molecule is C[C@H](O)c1cccn2ccnc12. The molecule has 0 unspecified atom stereocenters. The molecular formula is C9H10N2O. The molecule has 62 valence electrons. The molecule has 1 atom stereocenters. The first-order chi connectivity index (χ1) is 5.79. The van der Waals surface area contributed by atoms with E-state index in [4.69, 9.17) is 0 Å². The molecular weight excluding hydrogens is 152 g/mol. The molecule has 0 aliphatic rings. The van der Waals surface area contributed by atoms with Crippen LogP contribution >= 0.6 is 0 Å². The third-order valence-electron chi connectivity index (χ3n) is 1.90. The van der Waals surface area contributed by atoms with Gasteiger partial charge in [0, 0.05) is 24.2 Å². The molecule has 0 aliphatic carbocycles. The van der Waals surface area contributed by atoms with Gasteiger partial charge in [-0.25, -0.2) is 4.98 Å². The van der Waals surface area contributed by atoms with Crippen molar-refractivity contribution < 1.29 is 5.11 Å². The summed E-state index contributed by atoms with van der Waals surface area (Å²) in [7, 11) is 0. The Bertz CT molecular complexity index is 392. The number of pyridine rings is 1. The van der Waals surface area contributed by atoms with Crippen LogP contribution < -0.4 is 0 Å². The van der Waals surface area contributed by atoms with Crippen LogP contribution in [0.15, 0.2) is 30.7 Å². The number of fused-ring (bicyclic) bond motifs is 1. The zero-order valence-electron chi connectivity index (χ0n) is 6.81. The van der Waals surface area contributed by atoms with Gasteiger partial charge in [-0.1, -0.05) is 6.07 Å². The predicted octanol–water partition coefficient (Wildman–Crippen LogP) is 1.39. The van der Waals surface area contributed by atoms with E-state index in [1.165, 1.54) is 0 Å². The summed E-state index contributed by atoms with van der Waals surface area (Å²) in [6.07, 6.45) is 5.03. The Hall–Kier alpha value is -1.35. The van der Waals surface area contributed by atoms with Crippen molar-refractivity contribution in [3.05, 3.63) is 36.3 Å². The van der Waals surface area contributed by atoms with Crippen molar-refractivity contribution >= 4 is 5.65 Å². The summed E-state index contributed by atoms with van der Waals surface area (Å²) in [5.74, 6) is 0. The maximum atomic E-state index is 9.39. The van der Waals surface area contributed by atoms with Crippen LogP contribution in [0.1, 0.15) is 18.6 Å². The van der Waals surface area contributed by atoms with E-state index in [9.17, 15) is 5.11 Å². The van der Waals surface area contributed by atoms with Crippen LogP contribution in [0.25, 0.3) is 5.65 Å². The molecule has 2 rings (SSSR count). The van der Waals surface area contributed by atoms with Gasteiger partial charge in [-0.3, -0.25) is 0 Å². The molecule has 0 spiro atoms. The molecule has 0 saturated carbocycles. The lowest BCUT2D eigenvalue weighted by Crippen LogP contribution is -1.95. The lowest BCUT2D eigenvalue weighted by atomic mass is 10.2. The van der Waals surface area contributed by atoms with Crippen molar-refractivity contribution in [2.75, 3.05) is 0 Å². The number of aliphatic hydroxyl groups is 1.